The van der Waals surface area contributed by atoms with Gasteiger partial charge in [0.15, 0.2) is 0 Å². The zero-order chi connectivity index (χ0) is 16.8. The van der Waals surface area contributed by atoms with Gasteiger partial charge in [-0.2, -0.15) is 0 Å². The molecular weight excluding hydrogens is 303 g/mol. The van der Waals surface area contributed by atoms with Gasteiger partial charge >= 0.3 is 11.9 Å². The zero-order valence-corrected chi connectivity index (χ0v) is 12.1. The van der Waals surface area contributed by atoms with Gasteiger partial charge in [-0.3, -0.25) is 9.59 Å². The first-order valence-electron chi connectivity index (χ1n) is 6.57. The van der Waals surface area contributed by atoms with Crippen LogP contribution < -0.4 is 10.6 Å². The molecule has 0 aromatic heterocycles. The standard InChI is InChI=1S/C16H13FN2O4/c1-23-16(22)15(21)19-12-9-5-8-11(17)13(12)14(20)18-10-6-3-2-4-7-10/h2-9H,1H3,(H,18,20)(H,19,21). The first kappa shape index (κ1) is 16.2. The fraction of sp³-hybridized carbons (Fsp3) is 0.0625. The molecule has 0 fully saturated rings. The normalized spacial score (nSPS) is 9.83. The van der Waals surface area contributed by atoms with E-state index in [9.17, 15) is 18.8 Å². The van der Waals surface area contributed by atoms with Crippen LogP contribution >= 0.6 is 0 Å². The van der Waals surface area contributed by atoms with Gasteiger partial charge in [-0.1, -0.05) is 24.3 Å². The SMILES string of the molecule is COC(=O)C(=O)Nc1cccc(F)c1C(=O)Nc1ccccc1. The molecule has 0 bridgehead atoms. The fourth-order valence-corrected chi connectivity index (χ4v) is 1.84. The summed E-state index contributed by atoms with van der Waals surface area (Å²) >= 11 is 0. The molecular formula is C16H13FN2O4. The van der Waals surface area contributed by atoms with Crippen molar-refractivity contribution < 1.29 is 23.5 Å². The van der Waals surface area contributed by atoms with Gasteiger partial charge in [0.2, 0.25) is 0 Å². The number of hydrogen-bond acceptors (Lipinski definition) is 4. The van der Waals surface area contributed by atoms with Gasteiger partial charge in [0, 0.05) is 5.69 Å². The van der Waals surface area contributed by atoms with Crippen LogP contribution in [0.1, 0.15) is 10.4 Å². The van der Waals surface area contributed by atoms with Crippen LogP contribution in [0.2, 0.25) is 0 Å². The van der Waals surface area contributed by atoms with E-state index in [0.717, 1.165) is 13.2 Å². The average Bonchev–Trinajstić information content (AvgIpc) is 2.54. The molecule has 0 heterocycles. The van der Waals surface area contributed by atoms with E-state index in [1.807, 2.05) is 0 Å². The summed E-state index contributed by atoms with van der Waals surface area (Å²) in [4.78, 5) is 35.0. The second-order valence-corrected chi connectivity index (χ2v) is 4.43. The maximum absolute atomic E-state index is 14.0. The van der Waals surface area contributed by atoms with E-state index in [-0.39, 0.29) is 11.3 Å². The molecule has 0 spiro atoms. The Labute approximate surface area is 131 Å². The third-order valence-electron chi connectivity index (χ3n) is 2.89. The number of carbonyl (C=O) groups excluding carboxylic acids is 3. The Hall–Kier alpha value is -3.22. The second kappa shape index (κ2) is 7.17. The summed E-state index contributed by atoms with van der Waals surface area (Å²) in [5.74, 6) is -3.84. The van der Waals surface area contributed by atoms with Crippen LogP contribution in [0.3, 0.4) is 0 Å². The monoisotopic (exact) mass is 316 g/mol. The number of esters is 1. The molecule has 0 aliphatic rings. The highest BCUT2D eigenvalue weighted by Crippen LogP contribution is 2.21. The number of methoxy groups -OCH3 is 1. The Balaban J connectivity index is 2.28. The lowest BCUT2D eigenvalue weighted by Gasteiger charge is -2.11. The summed E-state index contributed by atoms with van der Waals surface area (Å²) in [7, 11) is 1.04. The zero-order valence-electron chi connectivity index (χ0n) is 12.1. The molecule has 2 amide bonds. The van der Waals surface area contributed by atoms with Crippen molar-refractivity contribution in [1.82, 2.24) is 0 Å². The number of hydrogen-bond donors (Lipinski definition) is 2. The van der Waals surface area contributed by atoms with Gasteiger partial charge in [-0.25, -0.2) is 9.18 Å². The van der Waals surface area contributed by atoms with Gasteiger partial charge in [0.1, 0.15) is 5.82 Å². The minimum Gasteiger partial charge on any atom is -0.462 e. The highest BCUT2D eigenvalue weighted by atomic mass is 19.1. The number of amides is 2. The van der Waals surface area contributed by atoms with Gasteiger partial charge < -0.3 is 15.4 Å². The maximum atomic E-state index is 14.0. The van der Waals surface area contributed by atoms with Crippen LogP contribution in [-0.4, -0.2) is 24.9 Å². The Morgan fingerprint density at radius 3 is 2.30 bits per heavy atom. The Morgan fingerprint density at radius 2 is 1.65 bits per heavy atom. The number of ether oxygens (including phenoxy) is 1. The quantitative estimate of drug-likeness (QED) is 0.671. The van der Waals surface area contributed by atoms with Gasteiger partial charge in [0.05, 0.1) is 18.4 Å². The number of anilines is 2. The van der Waals surface area contributed by atoms with Crippen molar-refractivity contribution in [2.45, 2.75) is 0 Å². The summed E-state index contributed by atoms with van der Waals surface area (Å²) < 4.78 is 18.3. The maximum Gasteiger partial charge on any atom is 0.396 e. The number of para-hydroxylation sites is 1. The summed E-state index contributed by atoms with van der Waals surface area (Å²) in [6, 6.07) is 12.1. The topological polar surface area (TPSA) is 84.5 Å². The highest BCUT2D eigenvalue weighted by Gasteiger charge is 2.21. The average molecular weight is 316 g/mol. The van der Waals surface area contributed by atoms with E-state index in [0.29, 0.717) is 5.69 Å². The molecule has 23 heavy (non-hydrogen) atoms. The third kappa shape index (κ3) is 3.91. The third-order valence-corrected chi connectivity index (χ3v) is 2.89. The lowest BCUT2D eigenvalue weighted by molar-refractivity contribution is -0.150. The van der Waals surface area contributed by atoms with Crippen molar-refractivity contribution in [2.24, 2.45) is 0 Å². The van der Waals surface area contributed by atoms with Crippen LogP contribution in [0, 0.1) is 5.82 Å². The molecule has 7 heteroatoms. The van der Waals surface area contributed by atoms with E-state index in [2.05, 4.69) is 15.4 Å². The molecule has 2 aromatic carbocycles. The first-order chi connectivity index (χ1) is 11.0. The molecule has 2 rings (SSSR count). The molecule has 2 aromatic rings. The Morgan fingerprint density at radius 1 is 0.957 bits per heavy atom. The van der Waals surface area contributed by atoms with Crippen LogP contribution in [-0.2, 0) is 14.3 Å². The van der Waals surface area contributed by atoms with Crippen molar-refractivity contribution in [3.05, 3.63) is 59.9 Å². The van der Waals surface area contributed by atoms with Crippen molar-refractivity contribution in [3.8, 4) is 0 Å². The molecule has 6 nitrogen and oxygen atoms in total. The number of nitrogens with one attached hydrogen (secondary N) is 2. The van der Waals surface area contributed by atoms with Crippen LogP contribution in [0.5, 0.6) is 0 Å². The van der Waals surface area contributed by atoms with Gasteiger partial charge in [0.25, 0.3) is 5.91 Å². The lowest BCUT2D eigenvalue weighted by atomic mass is 10.1. The molecule has 0 atom stereocenters. The molecule has 0 aliphatic carbocycles. The molecule has 0 saturated carbocycles. The number of halogens is 1. The molecule has 0 saturated heterocycles. The Bertz CT molecular complexity index is 747. The van der Waals surface area contributed by atoms with Gasteiger partial charge in [-0.15, -0.1) is 0 Å². The molecule has 0 radical (unpaired) electrons. The minimum atomic E-state index is -1.15. The van der Waals surface area contributed by atoms with E-state index in [4.69, 9.17) is 0 Å². The van der Waals surface area contributed by atoms with E-state index >= 15 is 0 Å². The molecule has 0 aliphatic heterocycles. The van der Waals surface area contributed by atoms with Crippen molar-refractivity contribution in [3.63, 3.8) is 0 Å². The molecule has 2 N–H and O–H groups in total. The highest BCUT2D eigenvalue weighted by molar-refractivity contribution is 6.37. The van der Waals surface area contributed by atoms with Gasteiger partial charge in [-0.05, 0) is 24.3 Å². The largest absolute Gasteiger partial charge is 0.462 e. The predicted octanol–water partition coefficient (Wildman–Crippen LogP) is 2.19. The molecule has 118 valence electrons. The van der Waals surface area contributed by atoms with Crippen LogP contribution in [0.25, 0.3) is 0 Å². The van der Waals surface area contributed by atoms with Crippen LogP contribution in [0.4, 0.5) is 15.8 Å². The Kier molecular flexibility index (Phi) is 5.03. The molecule has 0 unspecified atom stereocenters. The van der Waals surface area contributed by atoms with E-state index in [1.54, 1.807) is 30.3 Å². The first-order valence-corrected chi connectivity index (χ1v) is 6.57. The smallest absolute Gasteiger partial charge is 0.396 e. The minimum absolute atomic E-state index is 0.131. The summed E-state index contributed by atoms with van der Waals surface area (Å²) in [5, 5.41) is 4.66. The fourth-order valence-electron chi connectivity index (χ4n) is 1.84. The van der Waals surface area contributed by atoms with Crippen LogP contribution in [0.15, 0.2) is 48.5 Å². The second-order valence-electron chi connectivity index (χ2n) is 4.43. The summed E-state index contributed by atoms with van der Waals surface area (Å²) in [6.45, 7) is 0. The predicted molar refractivity (Wildman–Crippen MR) is 81.4 cm³/mol. The summed E-state index contributed by atoms with van der Waals surface area (Å²) in [6.07, 6.45) is 0. The summed E-state index contributed by atoms with van der Waals surface area (Å²) in [5.41, 5.74) is -0.0477. The van der Waals surface area contributed by atoms with Crippen molar-refractivity contribution in [2.75, 3.05) is 17.7 Å². The van der Waals surface area contributed by atoms with Crippen molar-refractivity contribution >= 4 is 29.2 Å². The van der Waals surface area contributed by atoms with E-state index < -0.39 is 23.6 Å². The number of carbonyl (C=O) groups is 3. The van der Waals surface area contributed by atoms with Crippen molar-refractivity contribution in [1.29, 1.82) is 0 Å². The number of benzene rings is 2. The van der Waals surface area contributed by atoms with E-state index in [1.165, 1.54) is 12.1 Å². The number of rotatable bonds is 3. The lowest BCUT2D eigenvalue weighted by Crippen LogP contribution is -2.26.